The van der Waals surface area contributed by atoms with Crippen LogP contribution in [0, 0.1) is 0 Å². The quantitative estimate of drug-likeness (QED) is 0.343. The maximum Gasteiger partial charge on any atom is 0.333 e. The predicted octanol–water partition coefficient (Wildman–Crippen LogP) is 0.410. The van der Waals surface area contributed by atoms with Gasteiger partial charge in [-0.05, 0) is 19.6 Å². The molecule has 0 aromatic heterocycles. The van der Waals surface area contributed by atoms with Crippen LogP contribution in [-0.4, -0.2) is 14.7 Å². The zero-order chi connectivity index (χ0) is 6.62. The zero-order valence-corrected chi connectivity index (χ0v) is 6.32. The van der Waals surface area contributed by atoms with Gasteiger partial charge in [0.05, 0.1) is 0 Å². The van der Waals surface area contributed by atoms with Crippen LogP contribution in [-0.2, 0) is 9.32 Å². The number of amides is 1. The topological polar surface area (TPSA) is 38.3 Å². The van der Waals surface area contributed by atoms with E-state index in [2.05, 4.69) is 0 Å². The molecule has 1 amide bonds. The summed E-state index contributed by atoms with van der Waals surface area (Å²) in [6.45, 7) is 5.91. The average molecular weight is 132 g/mol. The molecule has 0 aliphatic heterocycles. The molecule has 0 bridgehead atoms. The van der Waals surface area contributed by atoms with Crippen molar-refractivity contribution in [2.75, 3.05) is 0 Å². The lowest BCUT2D eigenvalue weighted by molar-refractivity contribution is 0.246. The highest BCUT2D eigenvalue weighted by Gasteiger charge is 2.13. The first-order valence-corrected chi connectivity index (χ1v) is 5.77. The van der Waals surface area contributed by atoms with Gasteiger partial charge in [0.15, 0.2) is 0 Å². The van der Waals surface area contributed by atoms with Crippen LogP contribution in [0.25, 0.3) is 0 Å². The second-order valence-electron chi connectivity index (χ2n) is 2.42. The first-order valence-electron chi connectivity index (χ1n) is 2.36. The number of hydroxylamine groups is 1. The fraction of sp³-hybridized carbons (Fsp3) is 0.750. The van der Waals surface area contributed by atoms with Gasteiger partial charge in [-0.3, -0.25) is 4.79 Å². The van der Waals surface area contributed by atoms with E-state index >= 15 is 0 Å². The molecule has 0 saturated carbocycles. The molecule has 0 aromatic carbocycles. The number of nitrogens with one attached hydrogen (secondary N) is 1. The maximum absolute atomic E-state index is 9.51. The fourth-order valence-corrected chi connectivity index (χ4v) is 0.522. The molecule has 1 N–H and O–H groups in total. The third kappa shape index (κ3) is 5.65. The van der Waals surface area contributed by atoms with Crippen LogP contribution in [0.2, 0.25) is 19.6 Å². The summed E-state index contributed by atoms with van der Waals surface area (Å²) in [6.07, 6.45) is 1.44. The molecule has 0 unspecified atom stereocenters. The molecule has 4 heteroatoms. The van der Waals surface area contributed by atoms with Crippen molar-refractivity contribution in [3.63, 3.8) is 0 Å². The Labute approximate surface area is 50.1 Å². The van der Waals surface area contributed by atoms with Crippen molar-refractivity contribution in [1.82, 2.24) is 5.48 Å². The van der Waals surface area contributed by atoms with Gasteiger partial charge in [-0.15, -0.1) is 0 Å². The molecule has 0 aliphatic carbocycles. The van der Waals surface area contributed by atoms with Gasteiger partial charge in [-0.2, -0.15) is 0 Å². The van der Waals surface area contributed by atoms with E-state index in [0.717, 1.165) is 0 Å². The van der Waals surface area contributed by atoms with Crippen molar-refractivity contribution < 1.29 is 9.32 Å². The van der Waals surface area contributed by atoms with Crippen LogP contribution < -0.4 is 5.48 Å². The predicted molar refractivity (Wildman–Crippen MR) is 33.3 cm³/mol. The lowest BCUT2D eigenvalue weighted by atomic mass is 11.5. The van der Waals surface area contributed by atoms with Gasteiger partial charge >= 0.3 is 6.41 Å². The molecule has 0 atom stereocenters. The van der Waals surface area contributed by atoms with Gasteiger partial charge in [0.1, 0.15) is 0 Å². The molecule has 0 saturated heterocycles. The Bertz CT molecular complexity index is 78.6. The summed E-state index contributed by atoms with van der Waals surface area (Å²) in [7, 11) is -1.55. The largest absolute Gasteiger partial charge is 0.333 e. The average Bonchev–Trinajstić information content (AvgIpc) is 1.59. The minimum atomic E-state index is -1.55. The highest BCUT2D eigenvalue weighted by molar-refractivity contribution is 6.69. The van der Waals surface area contributed by atoms with Crippen LogP contribution in [0.5, 0.6) is 0 Å². The second-order valence-corrected chi connectivity index (χ2v) is 6.85. The van der Waals surface area contributed by atoms with Crippen molar-refractivity contribution >= 4 is 14.7 Å². The first kappa shape index (κ1) is 7.65. The van der Waals surface area contributed by atoms with E-state index < -0.39 is 8.32 Å². The van der Waals surface area contributed by atoms with Gasteiger partial charge in [0.25, 0.3) is 0 Å². The minimum absolute atomic E-state index is 1.44. The van der Waals surface area contributed by atoms with Crippen molar-refractivity contribution in [2.24, 2.45) is 0 Å². The molecular weight excluding hydrogens is 122 g/mol. The minimum Gasteiger partial charge on any atom is -0.320 e. The Hall–Kier alpha value is -0.353. The molecule has 0 aliphatic rings. The van der Waals surface area contributed by atoms with E-state index in [1.54, 1.807) is 0 Å². The summed E-state index contributed by atoms with van der Waals surface area (Å²) < 4.78 is 4.84. The number of carbonyl (C=O) groups excluding carboxylic acids is 1. The normalized spacial score (nSPS) is 10.9. The molecule has 0 heterocycles. The number of hydrogen-bond donors (Lipinski definition) is 1. The third-order valence-electron chi connectivity index (χ3n) is 0.399. The molecule has 3 nitrogen and oxygen atoms in total. The van der Waals surface area contributed by atoms with E-state index in [4.69, 9.17) is 4.53 Å². The van der Waals surface area contributed by atoms with Gasteiger partial charge in [-0.1, -0.05) is 0 Å². The molecular formula is C4H10NO2Si. The van der Waals surface area contributed by atoms with Crippen molar-refractivity contribution in [2.45, 2.75) is 19.6 Å². The standard InChI is InChI=1S/C4H10NO2Si/c1-8(2,3)7-5-4-6/h1-3H3,(H,5,6). The molecule has 0 spiro atoms. The van der Waals surface area contributed by atoms with E-state index in [-0.39, 0.29) is 0 Å². The Morgan fingerprint density at radius 3 is 2.12 bits per heavy atom. The Balaban J connectivity index is 3.24. The van der Waals surface area contributed by atoms with E-state index in [1.807, 2.05) is 25.1 Å². The van der Waals surface area contributed by atoms with Gasteiger partial charge in [0, 0.05) is 0 Å². The summed E-state index contributed by atoms with van der Waals surface area (Å²) in [4.78, 5) is 9.51. The molecule has 0 fully saturated rings. The molecule has 0 aromatic rings. The Morgan fingerprint density at radius 1 is 1.50 bits per heavy atom. The summed E-state index contributed by atoms with van der Waals surface area (Å²) in [5.74, 6) is 0. The van der Waals surface area contributed by atoms with Gasteiger partial charge in [0.2, 0.25) is 8.32 Å². The van der Waals surface area contributed by atoms with Crippen LogP contribution in [0.15, 0.2) is 0 Å². The first-order chi connectivity index (χ1) is 3.56. The third-order valence-corrected chi connectivity index (χ3v) is 1.11. The molecule has 47 valence electrons. The Kier molecular flexibility index (Phi) is 2.71. The van der Waals surface area contributed by atoms with Gasteiger partial charge in [-0.25, -0.2) is 5.48 Å². The number of rotatable bonds is 3. The van der Waals surface area contributed by atoms with Crippen molar-refractivity contribution in [3.05, 3.63) is 0 Å². The summed E-state index contributed by atoms with van der Waals surface area (Å²) in [6, 6.07) is 0. The van der Waals surface area contributed by atoms with Crippen molar-refractivity contribution in [3.8, 4) is 0 Å². The zero-order valence-electron chi connectivity index (χ0n) is 5.32. The van der Waals surface area contributed by atoms with E-state index in [1.165, 1.54) is 6.41 Å². The van der Waals surface area contributed by atoms with Crippen LogP contribution in [0.3, 0.4) is 0 Å². The molecule has 0 rings (SSSR count). The number of hydrogen-bond acceptors (Lipinski definition) is 2. The van der Waals surface area contributed by atoms with Crippen LogP contribution in [0.1, 0.15) is 0 Å². The summed E-state index contributed by atoms with van der Waals surface area (Å²) in [5.41, 5.74) is 2.04. The lowest BCUT2D eigenvalue weighted by Crippen LogP contribution is -2.32. The highest BCUT2D eigenvalue weighted by Crippen LogP contribution is 1.97. The Morgan fingerprint density at radius 2 is 2.00 bits per heavy atom. The molecule has 8 heavy (non-hydrogen) atoms. The van der Waals surface area contributed by atoms with Crippen LogP contribution >= 0.6 is 0 Å². The smallest absolute Gasteiger partial charge is 0.320 e. The molecule has 1 radical (unpaired) electrons. The maximum atomic E-state index is 9.51. The summed E-state index contributed by atoms with van der Waals surface area (Å²) in [5, 5.41) is 0. The highest BCUT2D eigenvalue weighted by atomic mass is 28.4. The fourth-order valence-electron chi connectivity index (χ4n) is 0.174. The lowest BCUT2D eigenvalue weighted by Gasteiger charge is -2.12. The van der Waals surface area contributed by atoms with Crippen LogP contribution in [0.4, 0.5) is 0 Å². The van der Waals surface area contributed by atoms with E-state index in [0.29, 0.717) is 0 Å². The van der Waals surface area contributed by atoms with E-state index in [9.17, 15) is 4.79 Å². The summed E-state index contributed by atoms with van der Waals surface area (Å²) >= 11 is 0. The SMILES string of the molecule is C[Si](C)(C)ON[C]=O. The monoisotopic (exact) mass is 132 g/mol. The second kappa shape index (κ2) is 2.83. The van der Waals surface area contributed by atoms with Crippen molar-refractivity contribution in [1.29, 1.82) is 0 Å². The van der Waals surface area contributed by atoms with Gasteiger partial charge < -0.3 is 4.53 Å².